The quantitative estimate of drug-likeness (QED) is 0.212. The molecule has 1 amide bonds. The van der Waals surface area contributed by atoms with Crippen LogP contribution in [0.2, 0.25) is 0 Å². The van der Waals surface area contributed by atoms with Gasteiger partial charge in [-0.2, -0.15) is 0 Å². The fourth-order valence-electron chi connectivity index (χ4n) is 3.23. The number of nitrogens with one attached hydrogen (secondary N) is 1. The molecule has 9 nitrogen and oxygen atoms in total. The zero-order valence-electron chi connectivity index (χ0n) is 16.8. The summed E-state index contributed by atoms with van der Waals surface area (Å²) < 4.78 is 8.25. The van der Waals surface area contributed by atoms with Gasteiger partial charge in [-0.05, 0) is 42.5 Å². The Morgan fingerprint density at radius 2 is 1.94 bits per heavy atom. The maximum Gasteiger partial charge on any atom is 0.275 e. The van der Waals surface area contributed by atoms with Crippen molar-refractivity contribution >= 4 is 50.2 Å². The average molecular weight is 523 g/mol. The van der Waals surface area contributed by atoms with Gasteiger partial charge < -0.3 is 14.5 Å². The van der Waals surface area contributed by atoms with Gasteiger partial charge in [-0.15, -0.1) is 20.4 Å². The van der Waals surface area contributed by atoms with Crippen LogP contribution in [0, 0.1) is 0 Å². The number of hydrogen-bond donors (Lipinski definition) is 2. The van der Waals surface area contributed by atoms with Gasteiger partial charge >= 0.3 is 0 Å². The molecule has 0 aliphatic carbocycles. The van der Waals surface area contributed by atoms with E-state index in [-0.39, 0.29) is 17.3 Å². The molecular formula is C22H15BrN6O3S. The number of rotatable bonds is 6. The third-order valence-electron chi connectivity index (χ3n) is 4.71. The number of thioether (sulfide) groups is 1. The van der Waals surface area contributed by atoms with E-state index in [1.54, 1.807) is 30.5 Å². The summed E-state index contributed by atoms with van der Waals surface area (Å²) >= 11 is 4.62. The number of aromatic hydroxyl groups is 1. The zero-order valence-corrected chi connectivity index (χ0v) is 19.2. The van der Waals surface area contributed by atoms with Crippen molar-refractivity contribution in [1.29, 1.82) is 0 Å². The van der Waals surface area contributed by atoms with Gasteiger partial charge in [0, 0.05) is 15.5 Å². The third-order valence-corrected chi connectivity index (χ3v) is 6.15. The second kappa shape index (κ2) is 9.04. The Bertz CT molecular complexity index is 1460. The van der Waals surface area contributed by atoms with E-state index in [4.69, 9.17) is 4.42 Å². The summed E-state index contributed by atoms with van der Waals surface area (Å²) in [6.45, 7) is 0. The van der Waals surface area contributed by atoms with Crippen LogP contribution in [0.1, 0.15) is 0 Å². The number of aromatic amines is 1. The number of carbonyl (C=O) groups is 1. The molecule has 0 unspecified atom stereocenters. The van der Waals surface area contributed by atoms with Crippen molar-refractivity contribution in [3.8, 4) is 23.2 Å². The van der Waals surface area contributed by atoms with Crippen LogP contribution in [-0.2, 0) is 4.79 Å². The highest BCUT2D eigenvalue weighted by molar-refractivity contribution is 9.10. The summed E-state index contributed by atoms with van der Waals surface area (Å²) in [6, 6.07) is 18.4. The summed E-state index contributed by atoms with van der Waals surface area (Å²) in [5, 5.41) is 27.5. The SMILES string of the molecule is O=C(CSc1nnc(-c2ccco2)n1-c1ccc(Br)cc1)N=Nc1c(O)[nH]c2ccccc12. The Hall–Kier alpha value is -3.70. The minimum atomic E-state index is -0.477. The molecule has 2 N–H and O–H groups in total. The van der Waals surface area contributed by atoms with Crippen LogP contribution in [0.15, 0.2) is 91.2 Å². The molecule has 0 radical (unpaired) electrons. The van der Waals surface area contributed by atoms with Crippen LogP contribution in [0.3, 0.4) is 0 Å². The lowest BCUT2D eigenvalue weighted by Crippen LogP contribution is -2.02. The van der Waals surface area contributed by atoms with Crippen LogP contribution < -0.4 is 0 Å². The molecule has 3 heterocycles. The van der Waals surface area contributed by atoms with Crippen molar-refractivity contribution in [3.05, 3.63) is 71.4 Å². The minimum Gasteiger partial charge on any atom is -0.493 e. The van der Waals surface area contributed by atoms with Gasteiger partial charge in [-0.25, -0.2) is 0 Å². The molecule has 0 fully saturated rings. The molecule has 0 aliphatic rings. The topological polar surface area (TPSA) is 122 Å². The van der Waals surface area contributed by atoms with Crippen LogP contribution in [-0.4, -0.2) is 36.5 Å². The number of amides is 1. The number of hydrogen-bond acceptors (Lipinski definition) is 7. The average Bonchev–Trinajstić information content (AvgIpc) is 3.55. The lowest BCUT2D eigenvalue weighted by atomic mass is 10.2. The van der Waals surface area contributed by atoms with Crippen LogP contribution in [0.5, 0.6) is 5.88 Å². The molecule has 3 aromatic heterocycles. The Balaban J connectivity index is 1.38. The third kappa shape index (κ3) is 4.32. The number of para-hydroxylation sites is 1. The van der Waals surface area contributed by atoms with E-state index in [2.05, 4.69) is 41.3 Å². The highest BCUT2D eigenvalue weighted by atomic mass is 79.9. The Kier molecular flexibility index (Phi) is 5.80. The molecule has 33 heavy (non-hydrogen) atoms. The Labute approximate surface area is 199 Å². The number of carbonyl (C=O) groups excluding carboxylic acids is 1. The van der Waals surface area contributed by atoms with Crippen LogP contribution in [0.25, 0.3) is 28.2 Å². The van der Waals surface area contributed by atoms with Crippen molar-refractivity contribution < 1.29 is 14.3 Å². The van der Waals surface area contributed by atoms with Crippen LogP contribution in [0.4, 0.5) is 5.69 Å². The molecule has 11 heteroatoms. The molecule has 0 bridgehead atoms. The molecule has 164 valence electrons. The minimum absolute atomic E-state index is 0.0145. The fraction of sp³-hybridized carbons (Fsp3) is 0.0455. The van der Waals surface area contributed by atoms with Crippen molar-refractivity contribution in [2.45, 2.75) is 5.16 Å². The molecule has 2 aromatic carbocycles. The maximum absolute atomic E-state index is 12.4. The lowest BCUT2D eigenvalue weighted by Gasteiger charge is -2.08. The zero-order chi connectivity index (χ0) is 22.8. The number of azo groups is 1. The summed E-state index contributed by atoms with van der Waals surface area (Å²) in [6.07, 6.45) is 1.56. The first kappa shape index (κ1) is 21.2. The van der Waals surface area contributed by atoms with E-state index in [0.29, 0.717) is 27.6 Å². The van der Waals surface area contributed by atoms with Crippen molar-refractivity contribution in [1.82, 2.24) is 19.7 Å². The van der Waals surface area contributed by atoms with E-state index in [0.717, 1.165) is 10.2 Å². The molecule has 0 saturated carbocycles. The van der Waals surface area contributed by atoms with E-state index in [1.807, 2.05) is 41.0 Å². The monoisotopic (exact) mass is 522 g/mol. The van der Waals surface area contributed by atoms with Gasteiger partial charge in [-0.3, -0.25) is 9.36 Å². The number of nitrogens with zero attached hydrogens (tertiary/aromatic N) is 5. The largest absolute Gasteiger partial charge is 0.493 e. The molecule has 0 atom stereocenters. The van der Waals surface area contributed by atoms with Crippen molar-refractivity contribution in [2.24, 2.45) is 10.2 Å². The van der Waals surface area contributed by atoms with E-state index in [9.17, 15) is 9.90 Å². The fourth-order valence-corrected chi connectivity index (χ4v) is 4.22. The lowest BCUT2D eigenvalue weighted by molar-refractivity contribution is -0.115. The summed E-state index contributed by atoms with van der Waals surface area (Å²) in [5.74, 6) is 0.438. The number of H-pyrrole nitrogens is 1. The number of aromatic nitrogens is 4. The van der Waals surface area contributed by atoms with Crippen molar-refractivity contribution in [3.63, 3.8) is 0 Å². The second-order valence-corrected chi connectivity index (χ2v) is 8.70. The summed E-state index contributed by atoms with van der Waals surface area (Å²) in [4.78, 5) is 15.2. The van der Waals surface area contributed by atoms with E-state index >= 15 is 0 Å². The van der Waals surface area contributed by atoms with Crippen LogP contribution >= 0.6 is 27.7 Å². The first-order valence-electron chi connectivity index (χ1n) is 9.72. The predicted molar refractivity (Wildman–Crippen MR) is 127 cm³/mol. The number of fused-ring (bicyclic) bond motifs is 1. The maximum atomic E-state index is 12.4. The van der Waals surface area contributed by atoms with Gasteiger partial charge in [-0.1, -0.05) is 45.9 Å². The summed E-state index contributed by atoms with van der Waals surface area (Å²) in [7, 11) is 0. The molecule has 0 aliphatic heterocycles. The molecular weight excluding hydrogens is 508 g/mol. The number of benzene rings is 2. The highest BCUT2D eigenvalue weighted by Crippen LogP contribution is 2.35. The first-order valence-corrected chi connectivity index (χ1v) is 11.5. The van der Waals surface area contributed by atoms with E-state index < -0.39 is 5.91 Å². The molecule has 0 saturated heterocycles. The van der Waals surface area contributed by atoms with Crippen molar-refractivity contribution in [2.75, 3.05) is 5.75 Å². The number of halogens is 1. The van der Waals surface area contributed by atoms with Gasteiger partial charge in [0.2, 0.25) is 11.7 Å². The predicted octanol–water partition coefficient (Wildman–Crippen LogP) is 5.88. The Morgan fingerprint density at radius 1 is 1.12 bits per heavy atom. The van der Waals surface area contributed by atoms with Gasteiger partial charge in [0.1, 0.15) is 0 Å². The molecule has 5 aromatic rings. The molecule has 0 spiro atoms. The van der Waals surface area contributed by atoms with Gasteiger partial charge in [0.05, 0.1) is 17.5 Å². The van der Waals surface area contributed by atoms with E-state index in [1.165, 1.54) is 11.8 Å². The van der Waals surface area contributed by atoms with Gasteiger partial charge in [0.25, 0.3) is 5.91 Å². The highest BCUT2D eigenvalue weighted by Gasteiger charge is 2.19. The second-order valence-electron chi connectivity index (χ2n) is 6.85. The smallest absolute Gasteiger partial charge is 0.275 e. The summed E-state index contributed by atoms with van der Waals surface area (Å²) in [5.41, 5.74) is 1.75. The Morgan fingerprint density at radius 3 is 2.73 bits per heavy atom. The normalized spacial score (nSPS) is 11.5. The number of furan rings is 1. The van der Waals surface area contributed by atoms with Gasteiger partial charge in [0.15, 0.2) is 16.6 Å². The first-order chi connectivity index (χ1) is 16.1. The standard InChI is InChI=1S/C22H15BrN6O3S/c23-13-7-9-14(10-8-13)29-20(17-6-3-11-32-17)27-28-22(29)33-12-18(30)25-26-19-15-4-1-2-5-16(15)24-21(19)31/h1-11,24,31H,12H2. The molecule has 5 rings (SSSR count).